The number of hydrogen-bond donors (Lipinski definition) is 1. The first-order valence-corrected chi connectivity index (χ1v) is 11.1. The molecule has 140 valence electrons. The lowest BCUT2D eigenvalue weighted by Crippen LogP contribution is -2.32. The lowest BCUT2D eigenvalue weighted by atomic mass is 9.83. The van der Waals surface area contributed by atoms with Gasteiger partial charge in [0, 0.05) is 15.3 Å². The molecule has 0 unspecified atom stereocenters. The second-order valence-corrected chi connectivity index (χ2v) is 9.73. The van der Waals surface area contributed by atoms with Crippen molar-refractivity contribution in [2.45, 2.75) is 16.2 Å². The number of imide groups is 1. The highest BCUT2D eigenvalue weighted by Crippen LogP contribution is 2.53. The van der Waals surface area contributed by atoms with Crippen molar-refractivity contribution in [2.75, 3.05) is 4.90 Å². The normalized spacial score (nSPS) is 23.6. The number of anilines is 1. The van der Waals surface area contributed by atoms with Gasteiger partial charge in [0.15, 0.2) is 0 Å². The second kappa shape index (κ2) is 6.72. The van der Waals surface area contributed by atoms with E-state index in [9.17, 15) is 14.4 Å². The number of fused-ring (bicyclic) bond motifs is 2. The maximum Gasteiger partial charge on any atom is 0.305 e. The molecule has 1 saturated heterocycles. The third-order valence-corrected chi connectivity index (χ3v) is 8.00. The van der Waals surface area contributed by atoms with E-state index >= 15 is 0 Å². The number of carbonyl (C=O) groups is 2. The number of carbonyl (C=O) groups excluding carboxylic acids is 2. The molecule has 5 rings (SSSR count). The van der Waals surface area contributed by atoms with Crippen LogP contribution in [0.4, 0.5) is 5.69 Å². The number of amides is 2. The van der Waals surface area contributed by atoms with Crippen LogP contribution >= 0.6 is 39.0 Å². The zero-order valence-corrected chi connectivity index (χ0v) is 17.5. The molecule has 2 aliphatic heterocycles. The summed E-state index contributed by atoms with van der Waals surface area (Å²) in [5.74, 6) is -1.31. The fourth-order valence-electron chi connectivity index (χ4n) is 3.88. The highest BCUT2D eigenvalue weighted by atomic mass is 79.9. The van der Waals surface area contributed by atoms with Gasteiger partial charge in [-0.1, -0.05) is 69.4 Å². The Labute approximate surface area is 176 Å². The van der Waals surface area contributed by atoms with Gasteiger partial charge in [-0.05, 0) is 29.8 Å². The van der Waals surface area contributed by atoms with E-state index in [0.29, 0.717) is 10.7 Å². The summed E-state index contributed by atoms with van der Waals surface area (Å²) >= 11 is 5.80. The Hall–Kier alpha value is -2.16. The van der Waals surface area contributed by atoms with Crippen molar-refractivity contribution < 1.29 is 9.59 Å². The number of aromatic amines is 1. The minimum absolute atomic E-state index is 0.164. The molecule has 1 aromatic heterocycles. The molecular weight excluding hydrogens is 460 g/mol. The molecule has 8 heteroatoms. The quantitative estimate of drug-likeness (QED) is 0.572. The Balaban J connectivity index is 1.65. The minimum Gasteiger partial charge on any atom is -0.307 e. The van der Waals surface area contributed by atoms with Crippen LogP contribution in [0.3, 0.4) is 0 Å². The van der Waals surface area contributed by atoms with E-state index in [1.54, 1.807) is 12.1 Å². The van der Waals surface area contributed by atoms with Crippen LogP contribution in [0.1, 0.15) is 16.4 Å². The van der Waals surface area contributed by atoms with Crippen LogP contribution in [-0.4, -0.2) is 22.0 Å². The summed E-state index contributed by atoms with van der Waals surface area (Å²) in [6, 6.07) is 16.8. The molecule has 28 heavy (non-hydrogen) atoms. The first kappa shape index (κ1) is 17.9. The number of nitrogens with zero attached hydrogens (tertiary/aromatic N) is 1. The van der Waals surface area contributed by atoms with Gasteiger partial charge < -0.3 is 4.98 Å². The van der Waals surface area contributed by atoms with Gasteiger partial charge in [0.05, 0.1) is 16.6 Å². The van der Waals surface area contributed by atoms with Crippen LogP contribution in [0.2, 0.25) is 0 Å². The molecule has 3 heterocycles. The summed E-state index contributed by atoms with van der Waals surface area (Å²) in [5.41, 5.74) is 1.50. The van der Waals surface area contributed by atoms with Gasteiger partial charge in [-0.25, -0.2) is 4.90 Å². The average Bonchev–Trinajstić information content (AvgIpc) is 3.18. The molecule has 0 aliphatic carbocycles. The Morgan fingerprint density at radius 1 is 0.929 bits per heavy atom. The van der Waals surface area contributed by atoms with Crippen molar-refractivity contribution in [3.8, 4) is 0 Å². The minimum atomic E-state index is -0.556. The fraction of sp³-hybridized carbons (Fsp3) is 0.150. The number of nitrogens with one attached hydrogen (secondary N) is 1. The largest absolute Gasteiger partial charge is 0.307 e. The van der Waals surface area contributed by atoms with Crippen molar-refractivity contribution in [2.24, 2.45) is 5.92 Å². The fourth-order valence-corrected chi connectivity index (χ4v) is 6.66. The lowest BCUT2D eigenvalue weighted by Gasteiger charge is -2.29. The summed E-state index contributed by atoms with van der Waals surface area (Å²) in [7, 11) is 0. The van der Waals surface area contributed by atoms with E-state index in [0.717, 1.165) is 26.3 Å². The van der Waals surface area contributed by atoms with Gasteiger partial charge in [-0.3, -0.25) is 14.4 Å². The van der Waals surface area contributed by atoms with E-state index in [1.807, 2.05) is 42.5 Å². The molecule has 5 nitrogen and oxygen atoms in total. The molecule has 3 aromatic rings. The van der Waals surface area contributed by atoms with Crippen molar-refractivity contribution in [3.63, 3.8) is 0 Å². The SMILES string of the molecule is O=C1[C@@H]2[C@H](c3ccccc3)c3sc(=O)[nH]c3S[C@@H]2C(=O)N1c1ccc(Br)cc1. The van der Waals surface area contributed by atoms with Crippen LogP contribution in [0, 0.1) is 5.92 Å². The van der Waals surface area contributed by atoms with E-state index in [1.165, 1.54) is 16.7 Å². The highest BCUT2D eigenvalue weighted by Gasteiger charge is 2.56. The molecule has 2 amide bonds. The monoisotopic (exact) mass is 472 g/mol. The number of H-pyrrole nitrogens is 1. The lowest BCUT2D eigenvalue weighted by molar-refractivity contribution is -0.122. The van der Waals surface area contributed by atoms with E-state index in [-0.39, 0.29) is 22.6 Å². The van der Waals surface area contributed by atoms with E-state index < -0.39 is 11.2 Å². The summed E-state index contributed by atoms with van der Waals surface area (Å²) in [6.45, 7) is 0. The Morgan fingerprint density at radius 2 is 1.64 bits per heavy atom. The molecule has 1 N–H and O–H groups in total. The Bertz CT molecular complexity index is 1140. The van der Waals surface area contributed by atoms with Crippen LogP contribution in [0.5, 0.6) is 0 Å². The number of halogens is 1. The number of thioether (sulfide) groups is 1. The van der Waals surface area contributed by atoms with Crippen LogP contribution in [0.25, 0.3) is 0 Å². The second-order valence-electron chi connectivity index (χ2n) is 6.65. The Morgan fingerprint density at radius 3 is 2.36 bits per heavy atom. The first-order chi connectivity index (χ1) is 13.5. The summed E-state index contributed by atoms with van der Waals surface area (Å²) in [6.07, 6.45) is 0. The summed E-state index contributed by atoms with van der Waals surface area (Å²) in [5, 5.41) is 0.142. The smallest absolute Gasteiger partial charge is 0.305 e. The number of aromatic nitrogens is 1. The van der Waals surface area contributed by atoms with Gasteiger partial charge in [-0.2, -0.15) is 0 Å². The predicted molar refractivity (Wildman–Crippen MR) is 113 cm³/mol. The number of rotatable bonds is 2. The number of hydrogen-bond acceptors (Lipinski definition) is 5. The van der Waals surface area contributed by atoms with Crippen LogP contribution in [0.15, 0.2) is 68.9 Å². The Kier molecular flexibility index (Phi) is 4.30. The third kappa shape index (κ3) is 2.70. The molecule has 2 aromatic carbocycles. The predicted octanol–water partition coefficient (Wildman–Crippen LogP) is 3.99. The molecule has 0 radical (unpaired) electrons. The first-order valence-electron chi connectivity index (χ1n) is 8.62. The maximum atomic E-state index is 13.4. The summed E-state index contributed by atoms with van der Waals surface area (Å²) in [4.78, 5) is 43.4. The number of thiazole rings is 1. The van der Waals surface area contributed by atoms with Gasteiger partial charge in [0.25, 0.3) is 0 Å². The van der Waals surface area contributed by atoms with Gasteiger partial charge in [0.1, 0.15) is 5.25 Å². The van der Waals surface area contributed by atoms with Crippen LogP contribution < -0.4 is 9.77 Å². The van der Waals surface area contributed by atoms with Crippen molar-refractivity contribution >= 4 is 56.5 Å². The number of benzene rings is 2. The van der Waals surface area contributed by atoms with Crippen LogP contribution in [-0.2, 0) is 9.59 Å². The molecule has 0 spiro atoms. The van der Waals surface area contributed by atoms with Gasteiger partial charge >= 0.3 is 4.87 Å². The van der Waals surface area contributed by atoms with Gasteiger partial charge in [-0.15, -0.1) is 0 Å². The van der Waals surface area contributed by atoms with Crippen molar-refractivity contribution in [3.05, 3.63) is 79.2 Å². The zero-order chi connectivity index (χ0) is 19.4. The summed E-state index contributed by atoms with van der Waals surface area (Å²) < 4.78 is 0.879. The topological polar surface area (TPSA) is 70.2 Å². The average molecular weight is 473 g/mol. The molecule has 0 saturated carbocycles. The van der Waals surface area contributed by atoms with E-state index in [4.69, 9.17) is 0 Å². The zero-order valence-electron chi connectivity index (χ0n) is 14.3. The maximum absolute atomic E-state index is 13.4. The van der Waals surface area contributed by atoms with E-state index in [2.05, 4.69) is 20.9 Å². The molecule has 2 aliphatic rings. The standard InChI is InChI=1S/C20H13BrN2O3S2/c21-11-6-8-12(9-7-11)23-18(24)14-13(10-4-2-1-3-5-10)15-17(22-20(26)28-15)27-16(14)19(23)25/h1-9,13-14,16H,(H,22,26)/t13-,14+,16-/m0/s1. The van der Waals surface area contributed by atoms with Crippen molar-refractivity contribution in [1.82, 2.24) is 4.98 Å². The highest BCUT2D eigenvalue weighted by molar-refractivity contribution is 9.10. The molecule has 1 fully saturated rings. The van der Waals surface area contributed by atoms with Gasteiger partial charge in [0.2, 0.25) is 11.8 Å². The third-order valence-electron chi connectivity index (χ3n) is 5.07. The molecular formula is C20H13BrN2O3S2. The van der Waals surface area contributed by atoms with Crippen molar-refractivity contribution in [1.29, 1.82) is 0 Å². The molecule has 3 atom stereocenters. The molecule has 0 bridgehead atoms.